The van der Waals surface area contributed by atoms with Crippen LogP contribution in [0.3, 0.4) is 0 Å². The van der Waals surface area contributed by atoms with E-state index >= 15 is 0 Å². The fraction of sp³-hybridized carbons (Fsp3) is 0.650. The minimum absolute atomic E-state index is 0. The van der Waals surface area contributed by atoms with Gasteiger partial charge in [0.1, 0.15) is 0 Å². The van der Waals surface area contributed by atoms with Gasteiger partial charge in [0.2, 0.25) is 0 Å². The molecule has 1 aliphatic heterocycles. The van der Waals surface area contributed by atoms with Crippen LogP contribution in [0.15, 0.2) is 35.3 Å². The Hall–Kier alpha value is -1.06. The standard InChI is InChI=1S/C20H34N4O2.HI/c1-17(24(3)18-9-5-4-6-10-18)15-23-20(21-2)22-12-8-13-25-16-19-11-7-14-26-19;/h4-6,9-10,17,19H,7-8,11-16H2,1-3H3,(H2,21,22,23);1H. The Morgan fingerprint density at radius 3 is 2.78 bits per heavy atom. The largest absolute Gasteiger partial charge is 0.379 e. The molecule has 2 rings (SSSR count). The van der Waals surface area contributed by atoms with Crippen LogP contribution in [-0.2, 0) is 9.47 Å². The fourth-order valence-corrected chi connectivity index (χ4v) is 2.89. The fourth-order valence-electron chi connectivity index (χ4n) is 2.89. The minimum Gasteiger partial charge on any atom is -0.379 e. The number of para-hydroxylation sites is 1. The van der Waals surface area contributed by atoms with E-state index in [2.05, 4.69) is 58.8 Å². The molecule has 2 atom stereocenters. The van der Waals surface area contributed by atoms with Gasteiger partial charge in [0.15, 0.2) is 5.96 Å². The Morgan fingerprint density at radius 2 is 2.11 bits per heavy atom. The predicted molar refractivity (Wildman–Crippen MR) is 123 cm³/mol. The summed E-state index contributed by atoms with van der Waals surface area (Å²) < 4.78 is 11.2. The van der Waals surface area contributed by atoms with Crippen LogP contribution in [0.2, 0.25) is 0 Å². The highest BCUT2D eigenvalue weighted by Gasteiger charge is 2.15. The zero-order chi connectivity index (χ0) is 18.6. The average molecular weight is 490 g/mol. The number of benzene rings is 1. The molecular formula is C20H35IN4O2. The number of rotatable bonds is 10. The van der Waals surface area contributed by atoms with E-state index in [0.29, 0.717) is 12.1 Å². The number of anilines is 1. The molecule has 0 aromatic heterocycles. The summed E-state index contributed by atoms with van der Waals surface area (Å²) in [7, 11) is 3.91. The summed E-state index contributed by atoms with van der Waals surface area (Å²) in [4.78, 5) is 6.55. The highest BCUT2D eigenvalue weighted by molar-refractivity contribution is 14.0. The molecule has 1 heterocycles. The van der Waals surface area contributed by atoms with Crippen molar-refractivity contribution in [3.63, 3.8) is 0 Å². The molecule has 1 aromatic rings. The first kappa shape index (κ1) is 24.0. The molecule has 0 amide bonds. The smallest absolute Gasteiger partial charge is 0.191 e. The highest BCUT2D eigenvalue weighted by Crippen LogP contribution is 2.13. The van der Waals surface area contributed by atoms with Gasteiger partial charge in [-0.05, 0) is 38.3 Å². The highest BCUT2D eigenvalue weighted by atomic mass is 127. The number of hydrogen-bond acceptors (Lipinski definition) is 4. The molecule has 0 bridgehead atoms. The second-order valence-electron chi connectivity index (χ2n) is 6.74. The number of aliphatic imine (C=N–C) groups is 1. The van der Waals surface area contributed by atoms with E-state index < -0.39 is 0 Å². The van der Waals surface area contributed by atoms with Gasteiger partial charge in [-0.2, -0.15) is 0 Å². The molecule has 0 aliphatic carbocycles. The van der Waals surface area contributed by atoms with Crippen molar-refractivity contribution in [2.24, 2.45) is 4.99 Å². The van der Waals surface area contributed by atoms with Crippen molar-refractivity contribution in [2.75, 3.05) is 51.9 Å². The Bertz CT molecular complexity index is 524. The van der Waals surface area contributed by atoms with Crippen molar-refractivity contribution in [3.8, 4) is 0 Å². The van der Waals surface area contributed by atoms with Gasteiger partial charge in [0.25, 0.3) is 0 Å². The van der Waals surface area contributed by atoms with Crippen molar-refractivity contribution in [1.29, 1.82) is 0 Å². The number of halogens is 1. The van der Waals surface area contributed by atoms with E-state index in [4.69, 9.17) is 9.47 Å². The zero-order valence-electron chi connectivity index (χ0n) is 16.8. The molecule has 27 heavy (non-hydrogen) atoms. The van der Waals surface area contributed by atoms with Crippen LogP contribution in [0.25, 0.3) is 0 Å². The lowest BCUT2D eigenvalue weighted by atomic mass is 10.2. The molecule has 0 radical (unpaired) electrons. The third kappa shape index (κ3) is 9.12. The molecule has 1 aromatic carbocycles. The number of ether oxygens (including phenoxy) is 2. The van der Waals surface area contributed by atoms with Crippen LogP contribution in [-0.4, -0.2) is 65.1 Å². The topological polar surface area (TPSA) is 58.1 Å². The van der Waals surface area contributed by atoms with Crippen LogP contribution >= 0.6 is 24.0 Å². The third-order valence-corrected chi connectivity index (χ3v) is 4.70. The number of likely N-dealkylation sites (N-methyl/N-ethyl adjacent to an activating group) is 1. The summed E-state index contributed by atoms with van der Waals surface area (Å²) in [6, 6.07) is 10.8. The Labute approximate surface area is 181 Å². The van der Waals surface area contributed by atoms with E-state index in [1.165, 1.54) is 5.69 Å². The van der Waals surface area contributed by atoms with E-state index in [-0.39, 0.29) is 24.0 Å². The maximum absolute atomic E-state index is 5.68. The average Bonchev–Trinajstić information content (AvgIpc) is 3.20. The van der Waals surface area contributed by atoms with Crippen LogP contribution < -0.4 is 15.5 Å². The maximum atomic E-state index is 5.68. The van der Waals surface area contributed by atoms with Crippen molar-refractivity contribution >= 4 is 35.6 Å². The molecular weight excluding hydrogens is 455 g/mol. The lowest BCUT2D eigenvalue weighted by Crippen LogP contribution is -2.45. The molecule has 6 nitrogen and oxygen atoms in total. The lowest BCUT2D eigenvalue weighted by molar-refractivity contribution is 0.0168. The molecule has 7 heteroatoms. The number of nitrogens with zero attached hydrogens (tertiary/aromatic N) is 2. The number of nitrogens with one attached hydrogen (secondary N) is 2. The summed E-state index contributed by atoms with van der Waals surface area (Å²) in [6.45, 7) is 6.21. The summed E-state index contributed by atoms with van der Waals surface area (Å²) in [5.74, 6) is 0.831. The van der Waals surface area contributed by atoms with Crippen molar-refractivity contribution in [3.05, 3.63) is 30.3 Å². The first-order chi connectivity index (χ1) is 12.7. The van der Waals surface area contributed by atoms with Crippen molar-refractivity contribution in [1.82, 2.24) is 10.6 Å². The van der Waals surface area contributed by atoms with Gasteiger partial charge >= 0.3 is 0 Å². The molecule has 2 N–H and O–H groups in total. The maximum Gasteiger partial charge on any atom is 0.191 e. The molecule has 154 valence electrons. The molecule has 0 spiro atoms. The van der Waals surface area contributed by atoms with Gasteiger partial charge in [-0.25, -0.2) is 0 Å². The van der Waals surface area contributed by atoms with Crippen LogP contribution in [0, 0.1) is 0 Å². The summed E-state index contributed by atoms with van der Waals surface area (Å²) in [5, 5.41) is 6.73. The summed E-state index contributed by atoms with van der Waals surface area (Å²) >= 11 is 0. The van der Waals surface area contributed by atoms with E-state index in [1.54, 1.807) is 7.05 Å². The van der Waals surface area contributed by atoms with Crippen LogP contribution in [0.5, 0.6) is 0 Å². The molecule has 1 fully saturated rings. The van der Waals surface area contributed by atoms with Gasteiger partial charge < -0.3 is 25.0 Å². The van der Waals surface area contributed by atoms with E-state index in [9.17, 15) is 0 Å². The van der Waals surface area contributed by atoms with Gasteiger partial charge in [0, 0.05) is 52.1 Å². The zero-order valence-corrected chi connectivity index (χ0v) is 19.1. The lowest BCUT2D eigenvalue weighted by Gasteiger charge is -2.27. The Kier molecular flexibility index (Phi) is 12.4. The number of hydrogen-bond donors (Lipinski definition) is 2. The quantitative estimate of drug-likeness (QED) is 0.229. The van der Waals surface area contributed by atoms with Crippen molar-refractivity contribution < 1.29 is 9.47 Å². The van der Waals surface area contributed by atoms with E-state index in [0.717, 1.165) is 58.1 Å². The monoisotopic (exact) mass is 490 g/mol. The molecule has 1 saturated heterocycles. The van der Waals surface area contributed by atoms with Gasteiger partial charge in [-0.1, -0.05) is 18.2 Å². The van der Waals surface area contributed by atoms with E-state index in [1.807, 2.05) is 6.07 Å². The molecule has 2 unspecified atom stereocenters. The Balaban J connectivity index is 0.00000364. The van der Waals surface area contributed by atoms with Gasteiger partial charge in [0.05, 0.1) is 12.7 Å². The third-order valence-electron chi connectivity index (χ3n) is 4.70. The van der Waals surface area contributed by atoms with Gasteiger partial charge in [-0.3, -0.25) is 4.99 Å². The first-order valence-corrected chi connectivity index (χ1v) is 9.62. The predicted octanol–water partition coefficient (Wildman–Crippen LogP) is 2.88. The second-order valence-corrected chi connectivity index (χ2v) is 6.74. The normalized spacial score (nSPS) is 17.9. The first-order valence-electron chi connectivity index (χ1n) is 9.62. The van der Waals surface area contributed by atoms with Gasteiger partial charge in [-0.15, -0.1) is 24.0 Å². The summed E-state index contributed by atoms with van der Waals surface area (Å²) in [5.41, 5.74) is 1.22. The summed E-state index contributed by atoms with van der Waals surface area (Å²) in [6.07, 6.45) is 3.55. The van der Waals surface area contributed by atoms with Crippen molar-refractivity contribution in [2.45, 2.75) is 38.3 Å². The molecule has 1 aliphatic rings. The van der Waals surface area contributed by atoms with Crippen LogP contribution in [0.1, 0.15) is 26.2 Å². The molecule has 0 saturated carbocycles. The minimum atomic E-state index is 0. The Morgan fingerprint density at radius 1 is 1.33 bits per heavy atom. The SMILES string of the molecule is CN=C(NCCCOCC1CCCO1)NCC(C)N(C)c1ccccc1.I. The number of guanidine groups is 1. The van der Waals surface area contributed by atoms with Crippen LogP contribution in [0.4, 0.5) is 5.69 Å². The second kappa shape index (κ2) is 14.0.